The van der Waals surface area contributed by atoms with Crippen LogP contribution in [0.1, 0.15) is 23.6 Å². The molecule has 3 nitrogen and oxygen atoms in total. The quantitative estimate of drug-likeness (QED) is 0.421. The fraction of sp³-hybridized carbons (Fsp3) is 0.211. The van der Waals surface area contributed by atoms with Crippen LogP contribution >= 0.6 is 15.9 Å². The SMILES string of the molecule is CCOC(=O)/C=C(\c1ccc(CBr)cc1)c1ccc(OC)cc1. The third-order valence-corrected chi connectivity index (χ3v) is 4.02. The molecule has 0 fully saturated rings. The van der Waals surface area contributed by atoms with Gasteiger partial charge in [-0.2, -0.15) is 0 Å². The molecule has 120 valence electrons. The molecule has 4 heteroatoms. The number of alkyl halides is 1. The Kier molecular flexibility index (Phi) is 6.41. The summed E-state index contributed by atoms with van der Waals surface area (Å²) in [5.41, 5.74) is 3.91. The first kappa shape index (κ1) is 17.3. The highest BCUT2D eigenvalue weighted by atomic mass is 79.9. The summed E-state index contributed by atoms with van der Waals surface area (Å²) in [6, 6.07) is 15.7. The molecule has 2 aromatic rings. The van der Waals surface area contributed by atoms with Gasteiger partial charge >= 0.3 is 5.97 Å². The first-order valence-corrected chi connectivity index (χ1v) is 8.48. The van der Waals surface area contributed by atoms with Crippen LogP contribution in [0.4, 0.5) is 0 Å². The molecule has 2 aromatic carbocycles. The maximum absolute atomic E-state index is 11.9. The lowest BCUT2D eigenvalue weighted by molar-refractivity contribution is -0.137. The van der Waals surface area contributed by atoms with Gasteiger partial charge in [0.25, 0.3) is 0 Å². The Morgan fingerprint density at radius 1 is 1.04 bits per heavy atom. The van der Waals surface area contributed by atoms with Gasteiger partial charge in [0.2, 0.25) is 0 Å². The number of carbonyl (C=O) groups is 1. The summed E-state index contributed by atoms with van der Waals surface area (Å²) in [4.78, 5) is 11.9. The summed E-state index contributed by atoms with van der Waals surface area (Å²) < 4.78 is 10.2. The Bertz CT molecular complexity index is 623. The van der Waals surface area contributed by atoms with E-state index in [-0.39, 0.29) is 5.97 Å². The second kappa shape index (κ2) is 8.53. The molecular formula is C19H19BrO3. The van der Waals surface area contributed by atoms with Crippen molar-refractivity contribution in [3.05, 3.63) is 71.3 Å². The Balaban J connectivity index is 2.43. The van der Waals surface area contributed by atoms with Crippen molar-refractivity contribution in [3.8, 4) is 5.75 Å². The largest absolute Gasteiger partial charge is 0.497 e. The Morgan fingerprint density at radius 2 is 1.61 bits per heavy atom. The number of esters is 1. The van der Waals surface area contributed by atoms with Crippen LogP contribution in [0.2, 0.25) is 0 Å². The van der Waals surface area contributed by atoms with Gasteiger partial charge in [0.15, 0.2) is 0 Å². The van der Waals surface area contributed by atoms with Crippen molar-refractivity contribution in [2.24, 2.45) is 0 Å². The van der Waals surface area contributed by atoms with Crippen molar-refractivity contribution in [2.45, 2.75) is 12.3 Å². The summed E-state index contributed by atoms with van der Waals surface area (Å²) in [5.74, 6) is 0.432. The molecule has 0 bridgehead atoms. The van der Waals surface area contributed by atoms with Crippen molar-refractivity contribution >= 4 is 27.5 Å². The van der Waals surface area contributed by atoms with Crippen LogP contribution < -0.4 is 4.74 Å². The molecule has 23 heavy (non-hydrogen) atoms. The average Bonchev–Trinajstić information content (AvgIpc) is 2.60. The Hall–Kier alpha value is -2.07. The molecule has 0 radical (unpaired) electrons. The second-order valence-electron chi connectivity index (χ2n) is 4.87. The van der Waals surface area contributed by atoms with E-state index in [0.29, 0.717) is 6.61 Å². The van der Waals surface area contributed by atoms with E-state index in [1.165, 1.54) is 11.6 Å². The Morgan fingerprint density at radius 3 is 2.09 bits per heavy atom. The van der Waals surface area contributed by atoms with E-state index >= 15 is 0 Å². The summed E-state index contributed by atoms with van der Waals surface area (Å²) >= 11 is 3.44. The van der Waals surface area contributed by atoms with Gasteiger partial charge in [-0.15, -0.1) is 0 Å². The molecule has 0 spiro atoms. The van der Waals surface area contributed by atoms with E-state index in [1.54, 1.807) is 14.0 Å². The average molecular weight is 375 g/mol. The normalized spacial score (nSPS) is 11.2. The monoisotopic (exact) mass is 374 g/mol. The molecule has 0 aliphatic heterocycles. The minimum absolute atomic E-state index is 0.345. The summed E-state index contributed by atoms with van der Waals surface area (Å²) in [6.45, 7) is 2.15. The molecular weight excluding hydrogens is 356 g/mol. The van der Waals surface area contributed by atoms with E-state index in [9.17, 15) is 4.79 Å². The third-order valence-electron chi connectivity index (χ3n) is 3.37. The standard InChI is InChI=1S/C19H19BrO3/c1-3-23-19(21)12-18(15-6-4-14(13-20)5-7-15)16-8-10-17(22-2)11-9-16/h4-12H,3,13H2,1-2H3/b18-12+. The zero-order chi connectivity index (χ0) is 16.7. The van der Waals surface area contributed by atoms with Gasteiger partial charge in [-0.3, -0.25) is 0 Å². The third kappa shape index (κ3) is 4.70. The summed E-state index contributed by atoms with van der Waals surface area (Å²) in [7, 11) is 1.63. The van der Waals surface area contributed by atoms with E-state index < -0.39 is 0 Å². The lowest BCUT2D eigenvalue weighted by Crippen LogP contribution is -2.02. The highest BCUT2D eigenvalue weighted by molar-refractivity contribution is 9.08. The predicted molar refractivity (Wildman–Crippen MR) is 95.8 cm³/mol. The van der Waals surface area contributed by atoms with E-state index in [2.05, 4.69) is 15.9 Å². The molecule has 0 amide bonds. The van der Waals surface area contributed by atoms with Crippen LogP contribution in [-0.4, -0.2) is 19.7 Å². The van der Waals surface area contributed by atoms with Crippen LogP contribution in [0.15, 0.2) is 54.6 Å². The number of halogens is 1. The zero-order valence-electron chi connectivity index (χ0n) is 13.2. The summed E-state index contributed by atoms with van der Waals surface area (Å²) in [6.07, 6.45) is 1.54. The molecule has 0 aromatic heterocycles. The van der Waals surface area contributed by atoms with Gasteiger partial charge in [0.05, 0.1) is 13.7 Å². The van der Waals surface area contributed by atoms with Gasteiger partial charge in [0, 0.05) is 11.4 Å². The van der Waals surface area contributed by atoms with E-state index in [0.717, 1.165) is 27.8 Å². The van der Waals surface area contributed by atoms with Crippen molar-refractivity contribution < 1.29 is 14.3 Å². The highest BCUT2D eigenvalue weighted by Crippen LogP contribution is 2.26. The maximum atomic E-state index is 11.9. The summed E-state index contributed by atoms with van der Waals surface area (Å²) in [5, 5.41) is 0.798. The fourth-order valence-corrected chi connectivity index (χ4v) is 2.55. The number of hydrogen-bond acceptors (Lipinski definition) is 3. The number of benzene rings is 2. The van der Waals surface area contributed by atoms with Crippen LogP contribution in [0.25, 0.3) is 5.57 Å². The maximum Gasteiger partial charge on any atom is 0.331 e. The van der Waals surface area contributed by atoms with Gasteiger partial charge in [0.1, 0.15) is 5.75 Å². The second-order valence-corrected chi connectivity index (χ2v) is 5.43. The number of methoxy groups -OCH3 is 1. The molecule has 0 atom stereocenters. The lowest BCUT2D eigenvalue weighted by Gasteiger charge is -2.10. The van der Waals surface area contributed by atoms with Crippen LogP contribution in [-0.2, 0) is 14.9 Å². The fourth-order valence-electron chi connectivity index (χ4n) is 2.18. The van der Waals surface area contributed by atoms with Crippen LogP contribution in [0, 0.1) is 0 Å². The van der Waals surface area contributed by atoms with Crippen LogP contribution in [0.3, 0.4) is 0 Å². The molecule has 0 unspecified atom stereocenters. The van der Waals surface area contributed by atoms with Crippen LogP contribution in [0.5, 0.6) is 5.75 Å². The zero-order valence-corrected chi connectivity index (χ0v) is 14.8. The van der Waals surface area contributed by atoms with Gasteiger partial charge in [-0.05, 0) is 41.3 Å². The number of ether oxygens (including phenoxy) is 2. The number of carbonyl (C=O) groups excluding carboxylic acids is 1. The lowest BCUT2D eigenvalue weighted by atomic mass is 9.96. The molecule has 0 heterocycles. The first-order valence-electron chi connectivity index (χ1n) is 7.36. The topological polar surface area (TPSA) is 35.5 Å². The van der Waals surface area contributed by atoms with E-state index in [1.807, 2.05) is 48.5 Å². The van der Waals surface area contributed by atoms with Gasteiger partial charge < -0.3 is 9.47 Å². The van der Waals surface area contributed by atoms with Crippen molar-refractivity contribution in [1.82, 2.24) is 0 Å². The molecule has 0 aliphatic rings. The van der Waals surface area contributed by atoms with Gasteiger partial charge in [-0.25, -0.2) is 4.79 Å². The van der Waals surface area contributed by atoms with Crippen molar-refractivity contribution in [3.63, 3.8) is 0 Å². The first-order chi connectivity index (χ1) is 11.2. The van der Waals surface area contributed by atoms with E-state index in [4.69, 9.17) is 9.47 Å². The number of rotatable bonds is 6. The predicted octanol–water partition coefficient (Wildman–Crippen LogP) is 4.58. The number of hydrogen-bond donors (Lipinski definition) is 0. The van der Waals surface area contributed by atoms with Gasteiger partial charge in [-0.1, -0.05) is 52.3 Å². The van der Waals surface area contributed by atoms with Crippen molar-refractivity contribution in [1.29, 1.82) is 0 Å². The molecule has 0 aliphatic carbocycles. The molecule has 0 saturated carbocycles. The smallest absolute Gasteiger partial charge is 0.331 e. The highest BCUT2D eigenvalue weighted by Gasteiger charge is 2.09. The Labute approximate surface area is 145 Å². The molecule has 0 N–H and O–H groups in total. The minimum Gasteiger partial charge on any atom is -0.497 e. The molecule has 2 rings (SSSR count). The minimum atomic E-state index is -0.345. The molecule has 0 saturated heterocycles. The van der Waals surface area contributed by atoms with Crippen molar-refractivity contribution in [2.75, 3.05) is 13.7 Å².